The fourth-order valence-electron chi connectivity index (χ4n) is 2.81. The number of halogens is 1. The Kier molecular flexibility index (Phi) is 5.37. The summed E-state index contributed by atoms with van der Waals surface area (Å²) in [6.07, 6.45) is 0.766. The van der Waals surface area contributed by atoms with Gasteiger partial charge in [-0.3, -0.25) is 0 Å². The topological polar surface area (TPSA) is 61.4 Å². The average Bonchev–Trinajstić information content (AvgIpc) is 2.61. The minimum atomic E-state index is -0.296. The first-order valence-electron chi connectivity index (χ1n) is 7.82. The van der Waals surface area contributed by atoms with Crippen molar-refractivity contribution in [3.8, 4) is 0 Å². The maximum atomic E-state index is 13.9. The van der Waals surface area contributed by atoms with Crippen LogP contribution in [0.3, 0.4) is 0 Å². The Morgan fingerprint density at radius 1 is 1.21 bits per heavy atom. The first-order chi connectivity index (χ1) is 11.7. The van der Waals surface area contributed by atoms with Gasteiger partial charge in [0, 0.05) is 17.2 Å². The number of amides is 2. The van der Waals surface area contributed by atoms with Crippen molar-refractivity contribution in [2.24, 2.45) is 0 Å². The molecule has 126 valence electrons. The van der Waals surface area contributed by atoms with E-state index < -0.39 is 0 Å². The predicted octanol–water partition coefficient (Wildman–Crippen LogP) is 3.35. The van der Waals surface area contributed by atoms with Crippen molar-refractivity contribution >= 4 is 17.8 Å². The van der Waals surface area contributed by atoms with Crippen molar-refractivity contribution in [1.29, 1.82) is 0 Å². The van der Waals surface area contributed by atoms with E-state index in [0.717, 1.165) is 28.9 Å². The molecule has 0 saturated heterocycles. The number of aliphatic hydroxyl groups is 1. The standard InChI is InChI=1S/C18H19FN2O2S/c19-15-7-3-6-14-16(8-9-24-17(14)15)21-18(23)20-10-12-4-1-2-5-13(12)11-22/h1-7,16,22H,8-11H2,(H2,20,21,23). The monoisotopic (exact) mass is 346 g/mol. The lowest BCUT2D eigenvalue weighted by atomic mass is 10.0. The summed E-state index contributed by atoms with van der Waals surface area (Å²) in [5.74, 6) is 0.535. The molecule has 1 aliphatic heterocycles. The van der Waals surface area contributed by atoms with E-state index in [4.69, 9.17) is 0 Å². The van der Waals surface area contributed by atoms with Crippen LogP contribution < -0.4 is 10.6 Å². The molecular formula is C18H19FN2O2S. The van der Waals surface area contributed by atoms with Gasteiger partial charge >= 0.3 is 6.03 Å². The fraction of sp³-hybridized carbons (Fsp3) is 0.278. The summed E-state index contributed by atoms with van der Waals surface area (Å²) in [5.41, 5.74) is 2.50. The Bertz CT molecular complexity index is 739. The van der Waals surface area contributed by atoms with Crippen molar-refractivity contribution < 1.29 is 14.3 Å². The van der Waals surface area contributed by atoms with Crippen LogP contribution in [0.2, 0.25) is 0 Å². The van der Waals surface area contributed by atoms with E-state index in [1.54, 1.807) is 6.07 Å². The molecule has 3 N–H and O–H groups in total. The van der Waals surface area contributed by atoms with E-state index in [1.165, 1.54) is 17.8 Å². The van der Waals surface area contributed by atoms with E-state index in [-0.39, 0.29) is 24.5 Å². The second-order valence-corrected chi connectivity index (χ2v) is 6.71. The van der Waals surface area contributed by atoms with Gasteiger partial charge in [0.05, 0.1) is 12.6 Å². The van der Waals surface area contributed by atoms with Gasteiger partial charge in [-0.05, 0) is 29.2 Å². The lowest BCUT2D eigenvalue weighted by molar-refractivity contribution is 0.235. The highest BCUT2D eigenvalue weighted by atomic mass is 32.2. The summed E-state index contributed by atoms with van der Waals surface area (Å²) in [7, 11) is 0. The quantitative estimate of drug-likeness (QED) is 0.796. The molecule has 24 heavy (non-hydrogen) atoms. The first-order valence-corrected chi connectivity index (χ1v) is 8.81. The molecule has 1 unspecified atom stereocenters. The molecule has 4 nitrogen and oxygen atoms in total. The van der Waals surface area contributed by atoms with Crippen molar-refractivity contribution in [2.75, 3.05) is 5.75 Å². The van der Waals surface area contributed by atoms with Gasteiger partial charge in [-0.15, -0.1) is 11.8 Å². The molecule has 2 aromatic rings. The van der Waals surface area contributed by atoms with Gasteiger partial charge in [0.15, 0.2) is 0 Å². The maximum absolute atomic E-state index is 13.9. The third kappa shape index (κ3) is 3.71. The summed E-state index contributed by atoms with van der Waals surface area (Å²) < 4.78 is 13.9. The maximum Gasteiger partial charge on any atom is 0.315 e. The molecule has 0 aliphatic carbocycles. The summed E-state index contributed by atoms with van der Waals surface area (Å²) >= 11 is 1.49. The number of carbonyl (C=O) groups excluding carboxylic acids is 1. The van der Waals surface area contributed by atoms with Gasteiger partial charge < -0.3 is 15.7 Å². The Morgan fingerprint density at radius 3 is 2.79 bits per heavy atom. The molecule has 0 radical (unpaired) electrons. The first kappa shape index (κ1) is 16.8. The number of carbonyl (C=O) groups is 1. The number of nitrogens with one attached hydrogen (secondary N) is 2. The summed E-state index contributed by atoms with van der Waals surface area (Å²) in [6.45, 7) is 0.270. The number of rotatable bonds is 4. The number of hydrogen-bond acceptors (Lipinski definition) is 3. The Morgan fingerprint density at radius 2 is 2.00 bits per heavy atom. The van der Waals surface area contributed by atoms with E-state index in [0.29, 0.717) is 11.4 Å². The number of thioether (sulfide) groups is 1. The zero-order chi connectivity index (χ0) is 16.9. The highest BCUT2D eigenvalue weighted by Crippen LogP contribution is 2.37. The average molecular weight is 346 g/mol. The zero-order valence-electron chi connectivity index (χ0n) is 13.1. The molecule has 1 atom stereocenters. The van der Waals surface area contributed by atoms with Crippen LogP contribution in [0, 0.1) is 5.82 Å². The van der Waals surface area contributed by atoms with Crippen LogP contribution in [-0.2, 0) is 13.2 Å². The third-order valence-corrected chi connectivity index (χ3v) is 5.22. The smallest absolute Gasteiger partial charge is 0.315 e. The molecule has 1 heterocycles. The van der Waals surface area contributed by atoms with E-state index >= 15 is 0 Å². The van der Waals surface area contributed by atoms with Gasteiger partial charge in [0.1, 0.15) is 5.82 Å². The van der Waals surface area contributed by atoms with Gasteiger partial charge in [-0.25, -0.2) is 9.18 Å². The molecule has 1 aliphatic rings. The number of urea groups is 1. The number of hydrogen-bond donors (Lipinski definition) is 3. The molecule has 2 aromatic carbocycles. The van der Waals surface area contributed by atoms with E-state index in [2.05, 4.69) is 10.6 Å². The highest BCUT2D eigenvalue weighted by Gasteiger charge is 2.24. The molecule has 0 aromatic heterocycles. The third-order valence-electron chi connectivity index (χ3n) is 4.06. The van der Waals surface area contributed by atoms with Crippen molar-refractivity contribution in [2.45, 2.75) is 30.5 Å². The van der Waals surface area contributed by atoms with Crippen molar-refractivity contribution in [3.05, 3.63) is 65.0 Å². The van der Waals surface area contributed by atoms with E-state index in [1.807, 2.05) is 30.3 Å². The van der Waals surface area contributed by atoms with Crippen LogP contribution in [0.25, 0.3) is 0 Å². The molecule has 3 rings (SSSR count). The van der Waals surface area contributed by atoms with Crippen LogP contribution >= 0.6 is 11.8 Å². The molecule has 0 saturated carbocycles. The number of fused-ring (bicyclic) bond motifs is 1. The summed E-state index contributed by atoms with van der Waals surface area (Å²) in [5, 5.41) is 15.0. The van der Waals surface area contributed by atoms with Crippen LogP contribution in [0.5, 0.6) is 0 Å². The lowest BCUT2D eigenvalue weighted by Crippen LogP contribution is -2.38. The molecule has 0 fully saturated rings. The van der Waals surface area contributed by atoms with E-state index in [9.17, 15) is 14.3 Å². The largest absolute Gasteiger partial charge is 0.392 e. The normalized spacial score (nSPS) is 16.3. The molecule has 2 amide bonds. The molecule has 0 bridgehead atoms. The molecule has 6 heteroatoms. The SMILES string of the molecule is O=C(NCc1ccccc1CO)NC1CCSc2c(F)cccc21. The second kappa shape index (κ2) is 7.68. The number of aliphatic hydroxyl groups excluding tert-OH is 1. The van der Waals surface area contributed by atoms with Crippen LogP contribution in [-0.4, -0.2) is 16.9 Å². The molecular weight excluding hydrogens is 327 g/mol. The van der Waals surface area contributed by atoms with Gasteiger partial charge in [0.25, 0.3) is 0 Å². The lowest BCUT2D eigenvalue weighted by Gasteiger charge is -2.26. The Hall–Kier alpha value is -2.05. The predicted molar refractivity (Wildman–Crippen MR) is 92.2 cm³/mol. The number of benzene rings is 2. The summed E-state index contributed by atoms with van der Waals surface area (Å²) in [6, 6.07) is 11.9. The van der Waals surface area contributed by atoms with Crippen LogP contribution in [0.15, 0.2) is 47.4 Å². The van der Waals surface area contributed by atoms with Crippen molar-refractivity contribution in [1.82, 2.24) is 10.6 Å². The summed E-state index contributed by atoms with van der Waals surface area (Å²) in [4.78, 5) is 12.8. The van der Waals surface area contributed by atoms with Crippen LogP contribution in [0.1, 0.15) is 29.2 Å². The Balaban J connectivity index is 1.63. The fourth-order valence-corrected chi connectivity index (χ4v) is 3.95. The van der Waals surface area contributed by atoms with Gasteiger partial charge in [-0.2, -0.15) is 0 Å². The second-order valence-electron chi connectivity index (χ2n) is 5.60. The van der Waals surface area contributed by atoms with Gasteiger partial charge in [0.2, 0.25) is 0 Å². The zero-order valence-corrected chi connectivity index (χ0v) is 13.9. The van der Waals surface area contributed by atoms with Crippen molar-refractivity contribution in [3.63, 3.8) is 0 Å². The molecule has 0 spiro atoms. The minimum Gasteiger partial charge on any atom is -0.392 e. The minimum absolute atomic E-state index is 0.0635. The Labute approximate surface area is 144 Å². The van der Waals surface area contributed by atoms with Gasteiger partial charge in [-0.1, -0.05) is 36.4 Å². The highest BCUT2D eigenvalue weighted by molar-refractivity contribution is 7.99. The van der Waals surface area contributed by atoms with Crippen LogP contribution in [0.4, 0.5) is 9.18 Å².